The summed E-state index contributed by atoms with van der Waals surface area (Å²) in [5.41, 5.74) is 9.89. The molecule has 42 heavy (non-hydrogen) atoms. The Morgan fingerprint density at radius 1 is 0.571 bits per heavy atom. The summed E-state index contributed by atoms with van der Waals surface area (Å²) < 4.78 is 6.24. The highest BCUT2D eigenvalue weighted by Gasteiger charge is 2.37. The zero-order valence-electron chi connectivity index (χ0n) is 23.4. The zero-order chi connectivity index (χ0) is 28.3. The van der Waals surface area contributed by atoms with Crippen molar-refractivity contribution < 1.29 is 4.74 Å². The molecule has 2 heterocycles. The van der Waals surface area contributed by atoms with Gasteiger partial charge in [-0.2, -0.15) is 0 Å². The van der Waals surface area contributed by atoms with Gasteiger partial charge in [-0.15, -0.1) is 0 Å². The molecule has 0 amide bonds. The first kappa shape index (κ1) is 24.5. The second kappa shape index (κ2) is 9.38. The van der Waals surface area contributed by atoms with Gasteiger partial charge in [0, 0.05) is 27.7 Å². The number of hydrogen-bond acceptors (Lipinski definition) is 5. The molecular weight excluding hydrogens is 516 g/mol. The molecule has 6 aromatic rings. The number of aromatic nitrogens is 3. The summed E-state index contributed by atoms with van der Waals surface area (Å²) in [6.07, 6.45) is -0.208. The second-order valence-electron chi connectivity index (χ2n) is 11.4. The lowest BCUT2D eigenvalue weighted by Crippen LogP contribution is -2.17. The number of fused-ring (bicyclic) bond motifs is 4. The fourth-order valence-electron chi connectivity index (χ4n) is 6.13. The van der Waals surface area contributed by atoms with Crippen molar-refractivity contribution >= 4 is 5.69 Å². The highest BCUT2D eigenvalue weighted by molar-refractivity contribution is 5.83. The van der Waals surface area contributed by atoms with Gasteiger partial charge in [0.1, 0.15) is 5.75 Å². The highest BCUT2D eigenvalue weighted by atomic mass is 16.5. The van der Waals surface area contributed by atoms with Crippen LogP contribution in [0.15, 0.2) is 121 Å². The summed E-state index contributed by atoms with van der Waals surface area (Å²) in [6, 6.07) is 41.6. The number of para-hydroxylation sites is 2. The number of rotatable bonds is 4. The Balaban J connectivity index is 1.20. The van der Waals surface area contributed by atoms with Crippen molar-refractivity contribution in [3.05, 3.63) is 138 Å². The molecule has 202 valence electrons. The van der Waals surface area contributed by atoms with Gasteiger partial charge < -0.3 is 10.1 Å². The third kappa shape index (κ3) is 3.97. The minimum atomic E-state index is -0.209. The monoisotopic (exact) mass is 544 g/mol. The molecular formula is C37H28N4O. The molecule has 0 radical (unpaired) electrons. The predicted octanol–water partition coefficient (Wildman–Crippen LogP) is 8.68. The molecule has 5 nitrogen and oxygen atoms in total. The Morgan fingerprint density at radius 2 is 1.12 bits per heavy atom. The van der Waals surface area contributed by atoms with Gasteiger partial charge in [-0.3, -0.25) is 0 Å². The smallest absolute Gasteiger partial charge is 0.196 e. The minimum absolute atomic E-state index is 0.208. The average molecular weight is 545 g/mol. The van der Waals surface area contributed by atoms with Gasteiger partial charge in [0.05, 0.1) is 5.69 Å². The van der Waals surface area contributed by atoms with E-state index in [1.807, 2.05) is 78.9 Å². The van der Waals surface area contributed by atoms with Crippen LogP contribution in [0.4, 0.5) is 5.69 Å². The van der Waals surface area contributed by atoms with Crippen LogP contribution in [0.3, 0.4) is 0 Å². The quantitative estimate of drug-likeness (QED) is 0.241. The summed E-state index contributed by atoms with van der Waals surface area (Å²) in [4.78, 5) is 14.8. The van der Waals surface area contributed by atoms with Crippen molar-refractivity contribution in [3.63, 3.8) is 0 Å². The molecule has 1 unspecified atom stereocenters. The Hall–Kier alpha value is -5.29. The molecule has 1 aromatic heterocycles. The number of anilines is 1. The first-order valence-corrected chi connectivity index (χ1v) is 14.2. The molecule has 1 N–H and O–H groups in total. The molecule has 0 bridgehead atoms. The Kier molecular flexibility index (Phi) is 5.47. The van der Waals surface area contributed by atoms with E-state index in [0.29, 0.717) is 17.5 Å². The molecule has 8 rings (SSSR count). The van der Waals surface area contributed by atoms with E-state index in [2.05, 4.69) is 61.6 Å². The second-order valence-corrected chi connectivity index (χ2v) is 11.4. The first-order valence-electron chi connectivity index (χ1n) is 14.2. The van der Waals surface area contributed by atoms with Crippen molar-refractivity contribution in [1.29, 1.82) is 0 Å². The Morgan fingerprint density at radius 3 is 1.76 bits per heavy atom. The van der Waals surface area contributed by atoms with Crippen LogP contribution >= 0.6 is 0 Å². The third-order valence-corrected chi connectivity index (χ3v) is 8.38. The first-order chi connectivity index (χ1) is 20.5. The van der Waals surface area contributed by atoms with Crippen LogP contribution in [0.5, 0.6) is 5.75 Å². The number of nitrogens with one attached hydrogen (secondary N) is 1. The summed E-state index contributed by atoms with van der Waals surface area (Å²) in [6.45, 7) is 4.59. The number of benzene rings is 5. The molecule has 1 aliphatic carbocycles. The molecule has 0 fully saturated rings. The minimum Gasteiger partial charge on any atom is -0.464 e. The summed E-state index contributed by atoms with van der Waals surface area (Å²) in [5.74, 6) is 2.88. The molecule has 0 spiro atoms. The topological polar surface area (TPSA) is 59.9 Å². The Labute approximate surface area is 244 Å². The zero-order valence-corrected chi connectivity index (χ0v) is 23.4. The molecule has 0 saturated heterocycles. The maximum atomic E-state index is 6.24. The fraction of sp³-hybridized carbons (Fsp3) is 0.108. The van der Waals surface area contributed by atoms with Crippen molar-refractivity contribution in [3.8, 4) is 51.0 Å². The predicted molar refractivity (Wildman–Crippen MR) is 167 cm³/mol. The van der Waals surface area contributed by atoms with E-state index in [1.165, 1.54) is 22.3 Å². The summed E-state index contributed by atoms with van der Waals surface area (Å²) in [7, 11) is 0. The summed E-state index contributed by atoms with van der Waals surface area (Å²) >= 11 is 0. The molecule has 2 aliphatic rings. The van der Waals surface area contributed by atoms with E-state index in [0.717, 1.165) is 33.7 Å². The van der Waals surface area contributed by atoms with E-state index in [-0.39, 0.29) is 11.6 Å². The fourth-order valence-corrected chi connectivity index (χ4v) is 6.13. The van der Waals surface area contributed by atoms with E-state index < -0.39 is 0 Å². The maximum Gasteiger partial charge on any atom is 0.196 e. The van der Waals surface area contributed by atoms with Gasteiger partial charge in [-0.05, 0) is 46.5 Å². The van der Waals surface area contributed by atoms with Crippen LogP contribution in [0.2, 0.25) is 0 Å². The number of ether oxygens (including phenoxy) is 1. The maximum absolute atomic E-state index is 6.24. The largest absolute Gasteiger partial charge is 0.464 e. The van der Waals surface area contributed by atoms with Crippen LogP contribution in [-0.2, 0) is 5.41 Å². The van der Waals surface area contributed by atoms with Gasteiger partial charge in [-0.1, -0.05) is 111 Å². The lowest BCUT2D eigenvalue weighted by molar-refractivity contribution is 0.259. The Bertz CT molecular complexity index is 1890. The standard InChI is InChI=1S/C37H28N4O/c1-37(2)29-21-25(35-40-33(23-11-5-3-6-12-23)39-34(41-35)24-13-7-4-8-14-24)17-19-27(29)28-20-18-26(22-30(28)37)36-38-31-15-9-10-16-32(31)42-36/h3-22,36,38H,1-2H3. The van der Waals surface area contributed by atoms with E-state index in [4.69, 9.17) is 19.7 Å². The van der Waals surface area contributed by atoms with Crippen molar-refractivity contribution in [2.45, 2.75) is 25.5 Å². The van der Waals surface area contributed by atoms with Crippen LogP contribution in [-0.4, -0.2) is 15.0 Å². The molecule has 5 heteroatoms. The normalized spacial score (nSPS) is 15.7. The van der Waals surface area contributed by atoms with Crippen molar-refractivity contribution in [1.82, 2.24) is 15.0 Å². The lowest BCUT2D eigenvalue weighted by atomic mass is 9.81. The van der Waals surface area contributed by atoms with E-state index >= 15 is 0 Å². The van der Waals surface area contributed by atoms with Gasteiger partial charge in [0.25, 0.3) is 0 Å². The van der Waals surface area contributed by atoms with Crippen LogP contribution in [0.1, 0.15) is 36.8 Å². The molecule has 1 aliphatic heterocycles. The van der Waals surface area contributed by atoms with E-state index in [9.17, 15) is 0 Å². The molecule has 5 aromatic carbocycles. The van der Waals surface area contributed by atoms with Crippen LogP contribution in [0, 0.1) is 0 Å². The number of nitrogens with zero attached hydrogens (tertiary/aromatic N) is 3. The lowest BCUT2D eigenvalue weighted by Gasteiger charge is -2.23. The summed E-state index contributed by atoms with van der Waals surface area (Å²) in [5, 5.41) is 3.51. The highest BCUT2D eigenvalue weighted by Crippen LogP contribution is 2.50. The van der Waals surface area contributed by atoms with Crippen molar-refractivity contribution in [2.24, 2.45) is 0 Å². The van der Waals surface area contributed by atoms with Gasteiger partial charge in [-0.25, -0.2) is 15.0 Å². The third-order valence-electron chi connectivity index (χ3n) is 8.38. The number of hydrogen-bond donors (Lipinski definition) is 1. The van der Waals surface area contributed by atoms with Gasteiger partial charge in [0.15, 0.2) is 23.7 Å². The SMILES string of the molecule is CC1(C)c2cc(-c3nc(-c4ccccc4)nc(-c4ccccc4)n3)ccc2-c2ccc(C3Nc4ccccc4O3)cc21. The van der Waals surface area contributed by atoms with Crippen LogP contribution < -0.4 is 10.1 Å². The molecule has 0 saturated carbocycles. The van der Waals surface area contributed by atoms with Gasteiger partial charge in [0.2, 0.25) is 0 Å². The van der Waals surface area contributed by atoms with Crippen LogP contribution in [0.25, 0.3) is 45.3 Å². The van der Waals surface area contributed by atoms with Crippen molar-refractivity contribution in [2.75, 3.05) is 5.32 Å². The average Bonchev–Trinajstić information content (AvgIpc) is 3.58. The van der Waals surface area contributed by atoms with Gasteiger partial charge >= 0.3 is 0 Å². The molecule has 1 atom stereocenters. The van der Waals surface area contributed by atoms with E-state index in [1.54, 1.807) is 0 Å².